The molecule has 0 atom stereocenters. The van der Waals surface area contributed by atoms with Crippen LogP contribution in [-0.2, 0) is 14.3 Å². The number of nitrogens with zero attached hydrogens (tertiary/aromatic N) is 1. The van der Waals surface area contributed by atoms with E-state index in [9.17, 15) is 9.59 Å². The molecule has 0 saturated heterocycles. The van der Waals surface area contributed by atoms with Gasteiger partial charge in [-0.1, -0.05) is 41.4 Å². The molecule has 1 aliphatic heterocycles. The summed E-state index contributed by atoms with van der Waals surface area (Å²) in [5.74, 6) is -0.702. The summed E-state index contributed by atoms with van der Waals surface area (Å²) < 4.78 is 5.11. The predicted octanol–water partition coefficient (Wildman–Crippen LogP) is 3.82. The topological polar surface area (TPSA) is 79.8 Å². The molecule has 0 aromatic heterocycles. The van der Waals surface area contributed by atoms with Gasteiger partial charge in [0.05, 0.1) is 18.8 Å². The Morgan fingerprint density at radius 2 is 2.00 bits per heavy atom. The number of carbonyl (C=O) groups excluding carboxylic acids is 2. The third kappa shape index (κ3) is 5.59. The molecular weight excluding hydrogens is 413 g/mol. The van der Waals surface area contributed by atoms with Crippen LogP contribution < -0.4 is 10.6 Å². The van der Waals surface area contributed by atoms with Crippen molar-refractivity contribution in [3.63, 3.8) is 0 Å². The number of benzodiazepines with no additional fused rings is 1. The monoisotopic (exact) mass is 431 g/mol. The Morgan fingerprint density at radius 1 is 1.21 bits per heavy atom. The fourth-order valence-electron chi connectivity index (χ4n) is 2.81. The average Bonchev–Trinajstić information content (AvgIpc) is 2.84. The van der Waals surface area contributed by atoms with E-state index < -0.39 is 5.97 Å². The predicted molar refractivity (Wildman–Crippen MR) is 115 cm³/mol. The quantitative estimate of drug-likeness (QED) is 0.428. The first-order valence-electron chi connectivity index (χ1n) is 8.92. The van der Waals surface area contributed by atoms with Gasteiger partial charge in [-0.3, -0.25) is 9.79 Å². The zero-order valence-corrected chi connectivity index (χ0v) is 17.2. The highest BCUT2D eigenvalue weighted by molar-refractivity contribution is 6.36. The summed E-state index contributed by atoms with van der Waals surface area (Å²) in [6.07, 6.45) is 1.35. The Labute approximate surface area is 178 Å². The van der Waals surface area contributed by atoms with Crippen LogP contribution in [0.1, 0.15) is 18.1 Å². The van der Waals surface area contributed by atoms with Crippen LogP contribution >= 0.6 is 23.2 Å². The normalized spacial score (nSPS) is 14.3. The largest absolute Gasteiger partial charge is 0.461 e. The van der Waals surface area contributed by atoms with Gasteiger partial charge in [-0.25, -0.2) is 4.79 Å². The number of halogens is 2. The lowest BCUT2D eigenvalue weighted by molar-refractivity contribution is -0.138. The van der Waals surface area contributed by atoms with Crippen LogP contribution in [0.3, 0.4) is 0 Å². The molecule has 29 heavy (non-hydrogen) atoms. The fourth-order valence-corrected chi connectivity index (χ4v) is 3.21. The van der Waals surface area contributed by atoms with E-state index in [-0.39, 0.29) is 25.6 Å². The van der Waals surface area contributed by atoms with Crippen LogP contribution in [-0.4, -0.2) is 37.3 Å². The van der Waals surface area contributed by atoms with Gasteiger partial charge in [0.15, 0.2) is 0 Å². The molecular formula is C21H19Cl2N3O3. The molecule has 1 amide bonds. The van der Waals surface area contributed by atoms with Crippen molar-refractivity contribution >= 4 is 46.5 Å². The van der Waals surface area contributed by atoms with E-state index in [0.29, 0.717) is 21.5 Å². The molecule has 6 nitrogen and oxygen atoms in total. The van der Waals surface area contributed by atoms with Crippen LogP contribution in [0.2, 0.25) is 10.0 Å². The van der Waals surface area contributed by atoms with E-state index >= 15 is 0 Å². The van der Waals surface area contributed by atoms with Crippen molar-refractivity contribution in [3.8, 4) is 0 Å². The molecule has 2 aromatic carbocycles. The SMILES string of the molecule is CC(=O)NCCOC(=O)C=C1CN=C(c2ccccc2Cl)c2cc(Cl)ccc2N1. The molecule has 150 valence electrons. The lowest BCUT2D eigenvalue weighted by Crippen LogP contribution is -2.25. The number of esters is 1. The summed E-state index contributed by atoms with van der Waals surface area (Å²) in [5, 5.41) is 6.92. The number of fused-ring (bicyclic) bond motifs is 1. The maximum atomic E-state index is 12.1. The first-order chi connectivity index (χ1) is 13.9. The van der Waals surface area contributed by atoms with E-state index in [4.69, 9.17) is 27.9 Å². The third-order valence-corrected chi connectivity index (χ3v) is 4.65. The highest BCUT2D eigenvalue weighted by Crippen LogP contribution is 2.30. The number of anilines is 1. The second-order valence-electron chi connectivity index (χ2n) is 6.28. The van der Waals surface area contributed by atoms with Crippen LogP contribution in [0.5, 0.6) is 0 Å². The molecule has 1 aliphatic rings. The number of hydrogen-bond acceptors (Lipinski definition) is 5. The van der Waals surface area contributed by atoms with Crippen molar-refractivity contribution in [1.29, 1.82) is 0 Å². The Kier molecular flexibility index (Phi) is 6.90. The number of amides is 1. The number of ether oxygens (including phenoxy) is 1. The van der Waals surface area contributed by atoms with Crippen molar-refractivity contribution in [1.82, 2.24) is 5.32 Å². The van der Waals surface area contributed by atoms with Crippen LogP contribution in [0.4, 0.5) is 5.69 Å². The summed E-state index contributed by atoms with van der Waals surface area (Å²) in [4.78, 5) is 27.6. The smallest absolute Gasteiger partial charge is 0.332 e. The molecule has 0 aliphatic carbocycles. The van der Waals surface area contributed by atoms with Crippen molar-refractivity contribution in [2.24, 2.45) is 4.99 Å². The first kappa shape index (κ1) is 20.9. The minimum atomic E-state index is -0.523. The first-order valence-corrected chi connectivity index (χ1v) is 9.67. The summed E-state index contributed by atoms with van der Waals surface area (Å²) in [5.41, 5.74) is 3.57. The maximum absolute atomic E-state index is 12.1. The standard InChI is InChI=1S/C21H19Cl2N3O3/c1-13(27)24-8-9-29-20(28)11-15-12-25-21(16-4-2-3-5-18(16)23)17-10-14(22)6-7-19(17)26-15/h2-7,10-11,26H,8-9,12H2,1H3,(H,24,27). The van der Waals surface area contributed by atoms with Gasteiger partial charge in [0.2, 0.25) is 5.91 Å². The summed E-state index contributed by atoms with van der Waals surface area (Å²) in [6.45, 7) is 1.97. The van der Waals surface area contributed by atoms with E-state index in [1.54, 1.807) is 18.2 Å². The molecule has 0 radical (unpaired) electrons. The van der Waals surface area contributed by atoms with Crippen molar-refractivity contribution < 1.29 is 14.3 Å². The fraction of sp³-hybridized carbons (Fsp3) is 0.190. The second-order valence-corrected chi connectivity index (χ2v) is 7.12. The molecule has 0 bridgehead atoms. The highest BCUT2D eigenvalue weighted by Gasteiger charge is 2.19. The van der Waals surface area contributed by atoms with E-state index in [2.05, 4.69) is 15.6 Å². The zero-order chi connectivity index (χ0) is 20.8. The Balaban J connectivity index is 1.86. The number of nitrogens with one attached hydrogen (secondary N) is 2. The summed E-state index contributed by atoms with van der Waals surface area (Å²) in [7, 11) is 0. The maximum Gasteiger partial charge on any atom is 0.332 e. The number of hydrogen-bond donors (Lipinski definition) is 2. The van der Waals surface area contributed by atoms with Crippen molar-refractivity contribution in [3.05, 3.63) is 75.4 Å². The number of aliphatic imine (C=N–C) groups is 1. The Bertz CT molecular complexity index is 1000. The van der Waals surface area contributed by atoms with Gasteiger partial charge >= 0.3 is 5.97 Å². The zero-order valence-electron chi connectivity index (χ0n) is 15.7. The van der Waals surface area contributed by atoms with Gasteiger partial charge in [0.25, 0.3) is 0 Å². The summed E-state index contributed by atoms with van der Waals surface area (Å²) >= 11 is 12.6. The lowest BCUT2D eigenvalue weighted by atomic mass is 10.0. The number of benzene rings is 2. The minimum absolute atomic E-state index is 0.0858. The molecule has 0 fully saturated rings. The van der Waals surface area contributed by atoms with Gasteiger partial charge in [-0.15, -0.1) is 0 Å². The van der Waals surface area contributed by atoms with Crippen molar-refractivity contribution in [2.45, 2.75) is 6.92 Å². The van der Waals surface area contributed by atoms with Gasteiger partial charge in [-0.05, 0) is 24.3 Å². The number of carbonyl (C=O) groups is 2. The molecule has 2 aromatic rings. The summed E-state index contributed by atoms with van der Waals surface area (Å²) in [6, 6.07) is 12.8. The second kappa shape index (κ2) is 9.58. The van der Waals surface area contributed by atoms with Gasteiger partial charge in [-0.2, -0.15) is 0 Å². The van der Waals surface area contributed by atoms with Crippen molar-refractivity contribution in [2.75, 3.05) is 25.0 Å². The molecule has 8 heteroatoms. The molecule has 0 saturated carbocycles. The Morgan fingerprint density at radius 3 is 2.76 bits per heavy atom. The van der Waals surface area contributed by atoms with Gasteiger partial charge < -0.3 is 15.4 Å². The molecule has 1 heterocycles. The molecule has 0 unspecified atom stereocenters. The molecule has 2 N–H and O–H groups in total. The van der Waals surface area contributed by atoms with E-state index in [1.165, 1.54) is 13.0 Å². The molecule has 3 rings (SSSR count). The highest BCUT2D eigenvalue weighted by atomic mass is 35.5. The van der Waals surface area contributed by atoms with Gasteiger partial charge in [0.1, 0.15) is 6.61 Å². The van der Waals surface area contributed by atoms with E-state index in [0.717, 1.165) is 16.8 Å². The van der Waals surface area contributed by atoms with Crippen LogP contribution in [0.15, 0.2) is 59.2 Å². The molecule has 0 spiro atoms. The Hall–Kier alpha value is -2.83. The van der Waals surface area contributed by atoms with Crippen LogP contribution in [0, 0.1) is 0 Å². The van der Waals surface area contributed by atoms with Crippen LogP contribution in [0.25, 0.3) is 0 Å². The number of rotatable bonds is 5. The lowest BCUT2D eigenvalue weighted by Gasteiger charge is -2.12. The van der Waals surface area contributed by atoms with E-state index in [1.807, 2.05) is 24.3 Å². The van der Waals surface area contributed by atoms with Gasteiger partial charge in [0, 0.05) is 45.6 Å². The minimum Gasteiger partial charge on any atom is -0.461 e. The third-order valence-electron chi connectivity index (χ3n) is 4.08. The average molecular weight is 432 g/mol.